The van der Waals surface area contributed by atoms with Crippen LogP contribution in [0.3, 0.4) is 0 Å². The standard InChI is InChI=1S/C42H32N4O.Pt/c1-42(2,3)31-23-24-43-40(25-31)45-38-20-11-10-19-35(38)36-22-21-34(27-39(36)45)47-33-18-12-17-32(26-33)46-41(30-15-8-5-9-16-30)37(28-44-46)29-13-6-4-7-14-29;/h4-25,28H,1-3H3;/q-2;+2. The van der Waals surface area contributed by atoms with Gasteiger partial charge >= 0.3 is 21.1 Å². The summed E-state index contributed by atoms with van der Waals surface area (Å²) in [5, 5.41) is 7.06. The van der Waals surface area contributed by atoms with Crippen LogP contribution in [0.5, 0.6) is 11.5 Å². The molecule has 0 atom stereocenters. The fraction of sp³-hybridized carbons (Fsp3) is 0.0952. The SMILES string of the molecule is CC(C)(C)c1ccnc(-n2c3[c-]c(Oc4[c-]c(-n5ncc(-c6ccccc6)c5-c5ccccc5)ccc4)ccc3c3ccccc32)c1.[Pt+2]. The summed E-state index contributed by atoms with van der Waals surface area (Å²) in [6.07, 6.45) is 3.81. The van der Waals surface area contributed by atoms with Crippen molar-refractivity contribution in [3.8, 4) is 45.4 Å². The molecule has 0 aliphatic carbocycles. The molecule has 0 N–H and O–H groups in total. The summed E-state index contributed by atoms with van der Waals surface area (Å²) < 4.78 is 10.6. The van der Waals surface area contributed by atoms with Gasteiger partial charge in [0.05, 0.1) is 11.9 Å². The molecule has 0 unspecified atom stereocenters. The molecule has 0 radical (unpaired) electrons. The van der Waals surface area contributed by atoms with Gasteiger partial charge in [0.2, 0.25) is 0 Å². The summed E-state index contributed by atoms with van der Waals surface area (Å²) in [6.45, 7) is 6.65. The van der Waals surface area contributed by atoms with Gasteiger partial charge < -0.3 is 9.30 Å². The van der Waals surface area contributed by atoms with Crippen LogP contribution in [0.15, 0.2) is 140 Å². The Bertz CT molecular complexity index is 2370. The number of nitrogens with zero attached hydrogens (tertiary/aromatic N) is 4. The first-order valence-corrected chi connectivity index (χ1v) is 15.8. The first kappa shape index (κ1) is 31.4. The molecule has 0 fully saturated rings. The molecular formula is C42H32N4OPt. The van der Waals surface area contributed by atoms with Gasteiger partial charge in [-0.05, 0) is 45.8 Å². The summed E-state index contributed by atoms with van der Waals surface area (Å²) in [4.78, 5) is 4.80. The molecule has 0 aliphatic rings. The van der Waals surface area contributed by atoms with Gasteiger partial charge in [0.25, 0.3) is 0 Å². The van der Waals surface area contributed by atoms with E-state index in [9.17, 15) is 0 Å². The Morgan fingerprint density at radius 3 is 2.15 bits per heavy atom. The van der Waals surface area contributed by atoms with E-state index in [-0.39, 0.29) is 26.5 Å². The van der Waals surface area contributed by atoms with Crippen molar-refractivity contribution in [1.82, 2.24) is 19.3 Å². The van der Waals surface area contributed by atoms with Crippen molar-refractivity contribution in [2.24, 2.45) is 0 Å². The molecule has 48 heavy (non-hydrogen) atoms. The maximum absolute atomic E-state index is 6.46. The van der Waals surface area contributed by atoms with Crippen molar-refractivity contribution in [1.29, 1.82) is 0 Å². The van der Waals surface area contributed by atoms with Crippen LogP contribution in [0.1, 0.15) is 26.3 Å². The molecule has 6 heteroatoms. The number of para-hydroxylation sites is 1. The minimum Gasteiger partial charge on any atom is -0.509 e. The fourth-order valence-electron chi connectivity index (χ4n) is 6.15. The van der Waals surface area contributed by atoms with Crippen molar-refractivity contribution >= 4 is 21.8 Å². The maximum Gasteiger partial charge on any atom is 2.00 e. The molecule has 5 nitrogen and oxygen atoms in total. The fourth-order valence-corrected chi connectivity index (χ4v) is 6.15. The van der Waals surface area contributed by atoms with Crippen LogP contribution in [-0.2, 0) is 26.5 Å². The number of rotatable bonds is 6. The zero-order chi connectivity index (χ0) is 32.0. The van der Waals surface area contributed by atoms with Gasteiger partial charge in [0.1, 0.15) is 5.82 Å². The van der Waals surface area contributed by atoms with Crippen molar-refractivity contribution in [2.75, 3.05) is 0 Å². The third-order valence-electron chi connectivity index (χ3n) is 8.50. The second-order valence-corrected chi connectivity index (χ2v) is 12.6. The summed E-state index contributed by atoms with van der Waals surface area (Å²) in [7, 11) is 0. The van der Waals surface area contributed by atoms with Crippen molar-refractivity contribution in [3.63, 3.8) is 0 Å². The number of ether oxygens (including phenoxy) is 1. The molecule has 8 aromatic rings. The number of benzene rings is 5. The van der Waals surface area contributed by atoms with E-state index in [2.05, 4.69) is 104 Å². The Hall–Kier alpha value is -5.25. The Morgan fingerprint density at radius 2 is 1.38 bits per heavy atom. The third kappa shape index (κ3) is 5.76. The van der Waals surface area contributed by atoms with Crippen LogP contribution in [0.2, 0.25) is 0 Å². The van der Waals surface area contributed by atoms with E-state index in [1.54, 1.807) is 0 Å². The predicted molar refractivity (Wildman–Crippen MR) is 189 cm³/mol. The average molecular weight is 804 g/mol. The Morgan fingerprint density at radius 1 is 0.667 bits per heavy atom. The average Bonchev–Trinajstić information content (AvgIpc) is 3.69. The minimum atomic E-state index is -0.00784. The number of pyridine rings is 1. The number of fused-ring (bicyclic) bond motifs is 3. The second kappa shape index (κ2) is 12.7. The molecule has 0 spiro atoms. The molecule has 0 saturated carbocycles. The quantitative estimate of drug-likeness (QED) is 0.157. The summed E-state index contributed by atoms with van der Waals surface area (Å²) in [5.74, 6) is 2.02. The van der Waals surface area contributed by atoms with E-state index in [1.807, 2.05) is 77.7 Å². The van der Waals surface area contributed by atoms with E-state index >= 15 is 0 Å². The molecule has 8 rings (SSSR count). The molecule has 5 aromatic carbocycles. The summed E-state index contributed by atoms with van der Waals surface area (Å²) in [6, 6.07) is 50.3. The van der Waals surface area contributed by atoms with Crippen molar-refractivity contribution in [3.05, 3.63) is 157 Å². The Labute approximate surface area is 294 Å². The van der Waals surface area contributed by atoms with Gasteiger partial charge in [0, 0.05) is 34.3 Å². The Balaban J connectivity index is 0.00000364. The van der Waals surface area contributed by atoms with Crippen LogP contribution in [0.4, 0.5) is 0 Å². The molecule has 3 heterocycles. The summed E-state index contributed by atoms with van der Waals surface area (Å²) in [5.41, 5.74) is 8.18. The van der Waals surface area contributed by atoms with Crippen LogP contribution >= 0.6 is 0 Å². The minimum absolute atomic E-state index is 0. The second-order valence-electron chi connectivity index (χ2n) is 12.6. The zero-order valence-corrected chi connectivity index (χ0v) is 29.1. The molecule has 236 valence electrons. The van der Waals surface area contributed by atoms with E-state index < -0.39 is 0 Å². The van der Waals surface area contributed by atoms with E-state index in [0.29, 0.717) is 11.5 Å². The molecular weight excluding hydrogens is 772 g/mol. The van der Waals surface area contributed by atoms with Gasteiger partial charge in [-0.1, -0.05) is 105 Å². The first-order valence-electron chi connectivity index (χ1n) is 15.8. The van der Waals surface area contributed by atoms with Crippen LogP contribution in [0, 0.1) is 12.1 Å². The van der Waals surface area contributed by atoms with Crippen LogP contribution < -0.4 is 4.74 Å². The molecule has 0 saturated heterocycles. The molecule has 0 aliphatic heterocycles. The van der Waals surface area contributed by atoms with E-state index in [4.69, 9.17) is 14.8 Å². The molecule has 0 bridgehead atoms. The zero-order valence-electron chi connectivity index (χ0n) is 26.8. The van der Waals surface area contributed by atoms with Crippen molar-refractivity contribution in [2.45, 2.75) is 26.2 Å². The van der Waals surface area contributed by atoms with Gasteiger partial charge in [0.15, 0.2) is 0 Å². The number of hydrogen-bond acceptors (Lipinski definition) is 3. The first-order chi connectivity index (χ1) is 22.9. The van der Waals surface area contributed by atoms with Gasteiger partial charge in [-0.15, -0.1) is 35.7 Å². The van der Waals surface area contributed by atoms with Crippen molar-refractivity contribution < 1.29 is 25.8 Å². The van der Waals surface area contributed by atoms with Crippen LogP contribution in [0.25, 0.3) is 55.7 Å². The van der Waals surface area contributed by atoms with E-state index in [0.717, 1.165) is 55.7 Å². The molecule has 0 amide bonds. The maximum atomic E-state index is 6.46. The smallest absolute Gasteiger partial charge is 0.509 e. The largest absolute Gasteiger partial charge is 2.00 e. The topological polar surface area (TPSA) is 44.9 Å². The van der Waals surface area contributed by atoms with Gasteiger partial charge in [-0.25, -0.2) is 4.98 Å². The van der Waals surface area contributed by atoms with Crippen LogP contribution in [-0.4, -0.2) is 19.3 Å². The normalized spacial score (nSPS) is 11.5. The van der Waals surface area contributed by atoms with Gasteiger partial charge in [-0.3, -0.25) is 4.68 Å². The predicted octanol–water partition coefficient (Wildman–Crippen LogP) is 10.4. The number of aromatic nitrogens is 4. The molecule has 3 aromatic heterocycles. The number of hydrogen-bond donors (Lipinski definition) is 0. The summed E-state index contributed by atoms with van der Waals surface area (Å²) >= 11 is 0. The Kier molecular flexibility index (Phi) is 8.33. The third-order valence-corrected chi connectivity index (χ3v) is 8.50. The van der Waals surface area contributed by atoms with Gasteiger partial charge in [-0.2, -0.15) is 17.2 Å². The monoisotopic (exact) mass is 803 g/mol. The van der Waals surface area contributed by atoms with E-state index in [1.165, 1.54) is 5.56 Å².